The quantitative estimate of drug-likeness (QED) is 0.939. The SMILES string of the molecule is O=C(NC1CCN(C(=O)c2ccc(F)cc2)CC1)c1cccs1. The lowest BCUT2D eigenvalue weighted by atomic mass is 10.0. The molecule has 120 valence electrons. The van der Waals surface area contributed by atoms with E-state index >= 15 is 0 Å². The molecule has 6 heteroatoms. The van der Waals surface area contributed by atoms with Gasteiger partial charge in [-0.3, -0.25) is 9.59 Å². The summed E-state index contributed by atoms with van der Waals surface area (Å²) in [6, 6.07) is 9.32. The van der Waals surface area contributed by atoms with Crippen molar-refractivity contribution in [1.29, 1.82) is 0 Å². The number of amides is 2. The van der Waals surface area contributed by atoms with Crippen LogP contribution >= 0.6 is 11.3 Å². The van der Waals surface area contributed by atoms with Crippen molar-refractivity contribution in [3.63, 3.8) is 0 Å². The molecule has 0 spiro atoms. The van der Waals surface area contributed by atoms with E-state index < -0.39 is 0 Å². The van der Waals surface area contributed by atoms with Crippen LogP contribution in [0.15, 0.2) is 41.8 Å². The van der Waals surface area contributed by atoms with Gasteiger partial charge in [0.25, 0.3) is 11.8 Å². The predicted octanol–water partition coefficient (Wildman–Crippen LogP) is 2.92. The van der Waals surface area contributed by atoms with Crippen molar-refractivity contribution >= 4 is 23.2 Å². The molecule has 4 nitrogen and oxygen atoms in total. The lowest BCUT2D eigenvalue weighted by Crippen LogP contribution is -2.46. The average Bonchev–Trinajstić information content (AvgIpc) is 3.10. The number of carbonyl (C=O) groups is 2. The number of carbonyl (C=O) groups excluding carboxylic acids is 2. The van der Waals surface area contributed by atoms with Crippen LogP contribution in [0.2, 0.25) is 0 Å². The van der Waals surface area contributed by atoms with Crippen molar-refractivity contribution < 1.29 is 14.0 Å². The first-order chi connectivity index (χ1) is 11.1. The van der Waals surface area contributed by atoms with Crippen LogP contribution in [-0.2, 0) is 0 Å². The molecule has 0 unspecified atom stereocenters. The Kier molecular flexibility index (Phi) is 4.71. The molecular weight excluding hydrogens is 315 g/mol. The zero-order valence-electron chi connectivity index (χ0n) is 12.5. The highest BCUT2D eigenvalue weighted by Crippen LogP contribution is 2.16. The van der Waals surface area contributed by atoms with E-state index in [-0.39, 0.29) is 23.7 Å². The fourth-order valence-electron chi connectivity index (χ4n) is 2.67. The number of piperidine rings is 1. The fraction of sp³-hybridized carbons (Fsp3) is 0.294. The first-order valence-corrected chi connectivity index (χ1v) is 8.40. The van der Waals surface area contributed by atoms with Gasteiger partial charge < -0.3 is 10.2 Å². The molecule has 1 N–H and O–H groups in total. The zero-order chi connectivity index (χ0) is 16.2. The minimum absolute atomic E-state index is 0.0525. The highest BCUT2D eigenvalue weighted by molar-refractivity contribution is 7.12. The van der Waals surface area contributed by atoms with E-state index in [2.05, 4.69) is 5.32 Å². The van der Waals surface area contributed by atoms with Gasteiger partial charge in [-0.15, -0.1) is 11.3 Å². The molecule has 23 heavy (non-hydrogen) atoms. The Morgan fingerprint density at radius 2 is 1.83 bits per heavy atom. The summed E-state index contributed by atoms with van der Waals surface area (Å²) >= 11 is 1.42. The maximum Gasteiger partial charge on any atom is 0.261 e. The topological polar surface area (TPSA) is 49.4 Å². The van der Waals surface area contributed by atoms with E-state index in [1.165, 1.54) is 35.6 Å². The summed E-state index contributed by atoms with van der Waals surface area (Å²) in [6.45, 7) is 1.18. The third-order valence-electron chi connectivity index (χ3n) is 3.95. The molecule has 1 aromatic heterocycles. The molecule has 0 atom stereocenters. The molecule has 0 aliphatic carbocycles. The van der Waals surface area contributed by atoms with Crippen LogP contribution in [0.5, 0.6) is 0 Å². The monoisotopic (exact) mass is 332 g/mol. The summed E-state index contributed by atoms with van der Waals surface area (Å²) in [7, 11) is 0. The van der Waals surface area contributed by atoms with Gasteiger partial charge in [-0.2, -0.15) is 0 Å². The molecule has 1 aliphatic heterocycles. The molecule has 1 fully saturated rings. The standard InChI is InChI=1S/C17H17FN2O2S/c18-13-5-3-12(4-6-13)17(22)20-9-7-14(8-10-20)19-16(21)15-2-1-11-23-15/h1-6,11,14H,7-10H2,(H,19,21). The Bertz CT molecular complexity index is 677. The first kappa shape index (κ1) is 15.7. The second-order valence-corrected chi connectivity index (χ2v) is 6.47. The van der Waals surface area contributed by atoms with Gasteiger partial charge in [0.05, 0.1) is 4.88 Å². The summed E-state index contributed by atoms with van der Waals surface area (Å²) < 4.78 is 12.9. The predicted molar refractivity (Wildman–Crippen MR) is 87.1 cm³/mol. The summed E-state index contributed by atoms with van der Waals surface area (Å²) in [5, 5.41) is 4.89. The number of hydrogen-bond acceptors (Lipinski definition) is 3. The van der Waals surface area contributed by atoms with Gasteiger partial charge in [0.15, 0.2) is 0 Å². The van der Waals surface area contributed by atoms with Crippen LogP contribution in [0.1, 0.15) is 32.9 Å². The lowest BCUT2D eigenvalue weighted by molar-refractivity contribution is 0.0698. The minimum Gasteiger partial charge on any atom is -0.348 e. The second-order valence-electron chi connectivity index (χ2n) is 5.52. The maximum atomic E-state index is 12.9. The van der Waals surface area contributed by atoms with Crippen LogP contribution in [0, 0.1) is 5.82 Å². The number of nitrogens with zero attached hydrogens (tertiary/aromatic N) is 1. The Labute approximate surface area is 137 Å². The van der Waals surface area contributed by atoms with Crippen LogP contribution in [0.4, 0.5) is 4.39 Å². The Morgan fingerprint density at radius 1 is 1.13 bits per heavy atom. The van der Waals surface area contributed by atoms with Crippen molar-refractivity contribution in [1.82, 2.24) is 10.2 Å². The Balaban J connectivity index is 1.53. The van der Waals surface area contributed by atoms with E-state index in [1.54, 1.807) is 11.0 Å². The minimum atomic E-state index is -0.350. The van der Waals surface area contributed by atoms with Crippen LogP contribution in [0.3, 0.4) is 0 Å². The zero-order valence-corrected chi connectivity index (χ0v) is 13.3. The van der Waals surface area contributed by atoms with Gasteiger partial charge in [-0.05, 0) is 48.6 Å². The van der Waals surface area contributed by atoms with Crippen LogP contribution in [0.25, 0.3) is 0 Å². The maximum absolute atomic E-state index is 12.9. The largest absolute Gasteiger partial charge is 0.348 e. The Morgan fingerprint density at radius 3 is 2.43 bits per heavy atom. The van der Waals surface area contributed by atoms with Gasteiger partial charge in [0.1, 0.15) is 5.82 Å². The number of hydrogen-bond donors (Lipinski definition) is 1. The summed E-state index contributed by atoms with van der Waals surface area (Å²) in [4.78, 5) is 26.8. The van der Waals surface area contributed by atoms with E-state index in [9.17, 15) is 14.0 Å². The van der Waals surface area contributed by atoms with Crippen molar-refractivity contribution in [3.05, 3.63) is 58.0 Å². The van der Waals surface area contributed by atoms with Crippen LogP contribution in [-0.4, -0.2) is 35.8 Å². The van der Waals surface area contributed by atoms with E-state index in [0.29, 0.717) is 23.5 Å². The molecule has 1 saturated heterocycles. The molecule has 1 aliphatic rings. The van der Waals surface area contributed by atoms with Gasteiger partial charge in [0, 0.05) is 24.7 Å². The van der Waals surface area contributed by atoms with E-state index in [0.717, 1.165) is 12.8 Å². The molecule has 2 amide bonds. The van der Waals surface area contributed by atoms with Gasteiger partial charge in [-0.25, -0.2) is 4.39 Å². The van der Waals surface area contributed by atoms with E-state index in [4.69, 9.17) is 0 Å². The number of likely N-dealkylation sites (tertiary alicyclic amines) is 1. The van der Waals surface area contributed by atoms with Crippen LogP contribution < -0.4 is 5.32 Å². The number of halogens is 1. The highest BCUT2D eigenvalue weighted by atomic mass is 32.1. The average molecular weight is 332 g/mol. The number of rotatable bonds is 3. The molecule has 2 heterocycles. The molecule has 0 saturated carbocycles. The molecular formula is C17H17FN2O2S. The Hall–Kier alpha value is -2.21. The second kappa shape index (κ2) is 6.91. The molecule has 2 aromatic rings. The normalized spacial score (nSPS) is 15.4. The summed E-state index contributed by atoms with van der Waals surface area (Å²) in [5.41, 5.74) is 0.493. The van der Waals surface area contributed by atoms with Gasteiger partial charge in [-0.1, -0.05) is 6.07 Å². The molecule has 1 aromatic carbocycles. The highest BCUT2D eigenvalue weighted by Gasteiger charge is 2.25. The summed E-state index contributed by atoms with van der Waals surface area (Å²) in [6.07, 6.45) is 1.45. The number of nitrogens with one attached hydrogen (secondary N) is 1. The molecule has 0 bridgehead atoms. The lowest BCUT2D eigenvalue weighted by Gasteiger charge is -2.32. The van der Waals surface area contributed by atoms with Gasteiger partial charge >= 0.3 is 0 Å². The van der Waals surface area contributed by atoms with Gasteiger partial charge in [0.2, 0.25) is 0 Å². The number of thiophene rings is 1. The van der Waals surface area contributed by atoms with Crippen molar-refractivity contribution in [2.75, 3.05) is 13.1 Å². The fourth-order valence-corrected chi connectivity index (χ4v) is 3.29. The third-order valence-corrected chi connectivity index (χ3v) is 4.82. The third kappa shape index (κ3) is 3.76. The van der Waals surface area contributed by atoms with E-state index in [1.807, 2.05) is 11.4 Å². The van der Waals surface area contributed by atoms with Crippen molar-refractivity contribution in [2.45, 2.75) is 18.9 Å². The smallest absolute Gasteiger partial charge is 0.261 e. The number of benzene rings is 1. The molecule has 0 radical (unpaired) electrons. The molecule has 3 rings (SSSR count). The van der Waals surface area contributed by atoms with Crippen molar-refractivity contribution in [2.24, 2.45) is 0 Å². The summed E-state index contributed by atoms with van der Waals surface area (Å²) in [5.74, 6) is -0.493. The van der Waals surface area contributed by atoms with Crippen molar-refractivity contribution in [3.8, 4) is 0 Å². The first-order valence-electron chi connectivity index (χ1n) is 7.52.